The molecule has 0 radical (unpaired) electrons. The van der Waals surface area contributed by atoms with Crippen molar-refractivity contribution in [3.8, 4) is 0 Å². The van der Waals surface area contributed by atoms with Crippen LogP contribution in [0.3, 0.4) is 0 Å². The number of carboxylic acids is 1. The van der Waals surface area contributed by atoms with Crippen molar-refractivity contribution < 1.29 is 19.4 Å². The van der Waals surface area contributed by atoms with Crippen LogP contribution in [0.1, 0.15) is 20.8 Å². The number of rotatable bonds is 6. The summed E-state index contributed by atoms with van der Waals surface area (Å²) in [6, 6.07) is -0.509. The van der Waals surface area contributed by atoms with E-state index in [9.17, 15) is 9.59 Å². The molecule has 0 heterocycles. The van der Waals surface area contributed by atoms with Gasteiger partial charge in [-0.05, 0) is 20.8 Å². The molecule has 0 aromatic heterocycles. The molecule has 0 unspecified atom stereocenters. The van der Waals surface area contributed by atoms with Gasteiger partial charge in [0, 0.05) is 13.2 Å². The molecular weight excluding hydrogens is 200 g/mol. The summed E-state index contributed by atoms with van der Waals surface area (Å²) < 4.78 is 5.35. The van der Waals surface area contributed by atoms with Gasteiger partial charge in [0.1, 0.15) is 6.54 Å². The van der Waals surface area contributed by atoms with Crippen LogP contribution in [-0.4, -0.2) is 42.4 Å². The van der Waals surface area contributed by atoms with E-state index < -0.39 is 17.6 Å². The second kappa shape index (κ2) is 6.23. The fraction of sp³-hybridized carbons (Fsp3) is 0.778. The van der Waals surface area contributed by atoms with Gasteiger partial charge in [-0.25, -0.2) is 4.79 Å². The number of aliphatic carboxylic acids is 1. The zero-order valence-corrected chi connectivity index (χ0v) is 9.29. The maximum atomic E-state index is 11.1. The number of nitrogens with one attached hydrogen (secondary N) is 2. The number of ether oxygens (including phenoxy) is 1. The van der Waals surface area contributed by atoms with Crippen LogP contribution >= 0.6 is 0 Å². The van der Waals surface area contributed by atoms with Gasteiger partial charge in [-0.1, -0.05) is 0 Å². The van der Waals surface area contributed by atoms with E-state index in [2.05, 4.69) is 10.6 Å². The summed E-state index contributed by atoms with van der Waals surface area (Å²) in [5.74, 6) is -1.07. The highest BCUT2D eigenvalue weighted by molar-refractivity contribution is 5.79. The molecule has 0 spiro atoms. The summed E-state index contributed by atoms with van der Waals surface area (Å²) in [6.07, 6.45) is 0. The van der Waals surface area contributed by atoms with Gasteiger partial charge in [-0.3, -0.25) is 4.79 Å². The Hall–Kier alpha value is -1.30. The maximum Gasteiger partial charge on any atom is 0.323 e. The van der Waals surface area contributed by atoms with E-state index in [0.29, 0.717) is 13.2 Å². The minimum Gasteiger partial charge on any atom is -0.480 e. The first-order chi connectivity index (χ1) is 6.87. The normalized spacial score (nSPS) is 10.9. The van der Waals surface area contributed by atoms with E-state index in [1.165, 1.54) is 0 Å². The van der Waals surface area contributed by atoms with Gasteiger partial charge < -0.3 is 20.5 Å². The molecule has 88 valence electrons. The Balaban J connectivity index is 3.74. The zero-order chi connectivity index (χ0) is 11.9. The van der Waals surface area contributed by atoms with E-state index in [-0.39, 0.29) is 6.54 Å². The standard InChI is InChI=1S/C9H18N2O4/c1-4-15-9(2,3)6-11-8(14)10-5-7(12)13/h4-6H2,1-3H3,(H,12,13)(H2,10,11,14). The van der Waals surface area contributed by atoms with E-state index >= 15 is 0 Å². The first-order valence-corrected chi connectivity index (χ1v) is 4.75. The summed E-state index contributed by atoms with van der Waals surface area (Å²) in [6.45, 7) is 6.05. The molecule has 0 saturated carbocycles. The number of carbonyl (C=O) groups is 2. The van der Waals surface area contributed by atoms with Crippen LogP contribution < -0.4 is 10.6 Å². The van der Waals surface area contributed by atoms with Crippen molar-refractivity contribution in [1.82, 2.24) is 10.6 Å². The first-order valence-electron chi connectivity index (χ1n) is 4.75. The summed E-state index contributed by atoms with van der Waals surface area (Å²) >= 11 is 0. The highest BCUT2D eigenvalue weighted by Crippen LogP contribution is 2.06. The molecule has 0 rings (SSSR count). The first kappa shape index (κ1) is 13.7. The van der Waals surface area contributed by atoms with Gasteiger partial charge in [0.15, 0.2) is 0 Å². The van der Waals surface area contributed by atoms with Crippen LogP contribution in [0.2, 0.25) is 0 Å². The van der Waals surface area contributed by atoms with Crippen molar-refractivity contribution >= 4 is 12.0 Å². The highest BCUT2D eigenvalue weighted by Gasteiger charge is 2.18. The lowest BCUT2D eigenvalue weighted by atomic mass is 10.1. The van der Waals surface area contributed by atoms with E-state index in [1.807, 2.05) is 20.8 Å². The van der Waals surface area contributed by atoms with Crippen LogP contribution in [0.4, 0.5) is 4.79 Å². The number of hydrogen-bond donors (Lipinski definition) is 3. The summed E-state index contributed by atoms with van der Waals surface area (Å²) in [5.41, 5.74) is -0.449. The van der Waals surface area contributed by atoms with Gasteiger partial charge in [-0.2, -0.15) is 0 Å². The second-order valence-electron chi connectivity index (χ2n) is 3.62. The molecule has 0 saturated heterocycles. The Morgan fingerprint density at radius 2 is 1.93 bits per heavy atom. The predicted molar refractivity (Wildman–Crippen MR) is 54.7 cm³/mol. The molecule has 0 aliphatic heterocycles. The average molecular weight is 218 g/mol. The minimum atomic E-state index is -1.07. The molecular formula is C9H18N2O4. The van der Waals surface area contributed by atoms with Crippen LogP contribution in [0.15, 0.2) is 0 Å². The highest BCUT2D eigenvalue weighted by atomic mass is 16.5. The van der Waals surface area contributed by atoms with Gasteiger partial charge in [-0.15, -0.1) is 0 Å². The lowest BCUT2D eigenvalue weighted by molar-refractivity contribution is -0.135. The Labute approximate surface area is 89.0 Å². The summed E-state index contributed by atoms with van der Waals surface area (Å²) in [4.78, 5) is 21.2. The molecule has 15 heavy (non-hydrogen) atoms. The summed E-state index contributed by atoms with van der Waals surface area (Å²) in [7, 11) is 0. The summed E-state index contributed by atoms with van der Waals surface area (Å²) in [5, 5.41) is 13.0. The van der Waals surface area contributed by atoms with E-state index in [4.69, 9.17) is 9.84 Å². The topological polar surface area (TPSA) is 87.7 Å². The average Bonchev–Trinajstić information content (AvgIpc) is 2.11. The van der Waals surface area contributed by atoms with Gasteiger partial charge in [0.2, 0.25) is 0 Å². The van der Waals surface area contributed by atoms with Crippen molar-refractivity contribution in [3.05, 3.63) is 0 Å². The van der Waals surface area contributed by atoms with Gasteiger partial charge >= 0.3 is 12.0 Å². The maximum absolute atomic E-state index is 11.1. The van der Waals surface area contributed by atoms with Gasteiger partial charge in [0.05, 0.1) is 5.60 Å². The lowest BCUT2D eigenvalue weighted by Gasteiger charge is -2.24. The fourth-order valence-electron chi connectivity index (χ4n) is 0.953. The van der Waals surface area contributed by atoms with Gasteiger partial charge in [0.25, 0.3) is 0 Å². The minimum absolute atomic E-state index is 0.326. The van der Waals surface area contributed by atoms with Crippen molar-refractivity contribution in [3.63, 3.8) is 0 Å². The third-order valence-corrected chi connectivity index (χ3v) is 1.61. The fourth-order valence-corrected chi connectivity index (χ4v) is 0.953. The Bertz CT molecular complexity index is 228. The van der Waals surface area contributed by atoms with Crippen molar-refractivity contribution in [2.45, 2.75) is 26.4 Å². The molecule has 0 aliphatic carbocycles. The smallest absolute Gasteiger partial charge is 0.323 e. The predicted octanol–water partition coefficient (Wildman–Crippen LogP) is 0.185. The number of urea groups is 1. The quantitative estimate of drug-likeness (QED) is 0.593. The number of carbonyl (C=O) groups excluding carboxylic acids is 1. The Morgan fingerprint density at radius 1 is 1.33 bits per heavy atom. The zero-order valence-electron chi connectivity index (χ0n) is 9.29. The van der Waals surface area contributed by atoms with Crippen LogP contribution in [0.5, 0.6) is 0 Å². The van der Waals surface area contributed by atoms with E-state index in [0.717, 1.165) is 0 Å². The lowest BCUT2D eigenvalue weighted by Crippen LogP contribution is -2.45. The largest absolute Gasteiger partial charge is 0.480 e. The van der Waals surface area contributed by atoms with Crippen LogP contribution in [0.25, 0.3) is 0 Å². The molecule has 0 aliphatic rings. The van der Waals surface area contributed by atoms with Crippen LogP contribution in [-0.2, 0) is 9.53 Å². The third-order valence-electron chi connectivity index (χ3n) is 1.61. The third kappa shape index (κ3) is 7.75. The molecule has 6 heteroatoms. The molecule has 0 aromatic rings. The molecule has 6 nitrogen and oxygen atoms in total. The Kier molecular flexibility index (Phi) is 5.69. The molecule has 2 amide bonds. The van der Waals surface area contributed by atoms with Crippen LogP contribution in [0, 0.1) is 0 Å². The van der Waals surface area contributed by atoms with Crippen molar-refractivity contribution in [2.75, 3.05) is 19.7 Å². The molecule has 3 N–H and O–H groups in total. The molecule has 0 bridgehead atoms. The van der Waals surface area contributed by atoms with Crippen molar-refractivity contribution in [2.24, 2.45) is 0 Å². The molecule has 0 aromatic carbocycles. The monoisotopic (exact) mass is 218 g/mol. The number of hydrogen-bond acceptors (Lipinski definition) is 3. The second-order valence-corrected chi connectivity index (χ2v) is 3.62. The number of amides is 2. The van der Waals surface area contributed by atoms with Crippen molar-refractivity contribution in [1.29, 1.82) is 0 Å². The van der Waals surface area contributed by atoms with E-state index in [1.54, 1.807) is 0 Å². The molecule has 0 fully saturated rings. The Morgan fingerprint density at radius 3 is 2.40 bits per heavy atom. The number of carboxylic acid groups (broad SMARTS) is 1. The SMILES string of the molecule is CCOC(C)(C)CNC(=O)NCC(=O)O. The molecule has 0 atom stereocenters.